The van der Waals surface area contributed by atoms with Crippen LogP contribution in [0, 0.1) is 29.1 Å². The molecule has 0 bridgehead atoms. The number of rotatable bonds is 6. The molecule has 0 amide bonds. The van der Waals surface area contributed by atoms with Crippen molar-refractivity contribution < 1.29 is 0 Å². The lowest BCUT2D eigenvalue weighted by atomic mass is 9.72. The molecule has 2 aliphatic carbocycles. The van der Waals surface area contributed by atoms with Gasteiger partial charge in [0.15, 0.2) is 0 Å². The summed E-state index contributed by atoms with van der Waals surface area (Å²) < 4.78 is 0. The van der Waals surface area contributed by atoms with E-state index in [1.165, 1.54) is 38.5 Å². The molecular weight excluding hydrogens is 216 g/mol. The molecule has 0 aromatic heterocycles. The van der Waals surface area contributed by atoms with Crippen LogP contribution in [0.3, 0.4) is 0 Å². The molecule has 1 spiro atoms. The third kappa shape index (κ3) is 2.94. The molecule has 2 rings (SSSR count). The van der Waals surface area contributed by atoms with E-state index in [0.29, 0.717) is 0 Å². The SMILES string of the molecule is CCCCC(C)C1CCC2(CC1)CC2C(C)CC. The maximum atomic E-state index is 2.51. The van der Waals surface area contributed by atoms with Gasteiger partial charge in [-0.1, -0.05) is 53.4 Å². The van der Waals surface area contributed by atoms with Gasteiger partial charge in [-0.05, 0) is 61.2 Å². The van der Waals surface area contributed by atoms with Crippen LogP contribution in [-0.4, -0.2) is 0 Å². The first kappa shape index (κ1) is 14.4. The summed E-state index contributed by atoms with van der Waals surface area (Å²) >= 11 is 0. The van der Waals surface area contributed by atoms with Gasteiger partial charge in [-0.25, -0.2) is 0 Å². The smallest absolute Gasteiger partial charge is 0.0263 e. The maximum absolute atomic E-state index is 2.51. The zero-order chi connectivity index (χ0) is 13.2. The molecule has 2 saturated carbocycles. The third-order valence-corrected chi connectivity index (χ3v) is 6.43. The molecule has 3 unspecified atom stereocenters. The molecule has 0 heteroatoms. The lowest BCUT2D eigenvalue weighted by molar-refractivity contribution is 0.172. The van der Waals surface area contributed by atoms with Gasteiger partial charge in [-0.3, -0.25) is 0 Å². The average molecular weight is 250 g/mol. The number of hydrogen-bond donors (Lipinski definition) is 0. The van der Waals surface area contributed by atoms with E-state index in [4.69, 9.17) is 0 Å². The van der Waals surface area contributed by atoms with Crippen molar-refractivity contribution in [3.63, 3.8) is 0 Å². The summed E-state index contributed by atoms with van der Waals surface area (Å²) in [6, 6.07) is 0. The number of unbranched alkanes of at least 4 members (excludes halogenated alkanes) is 1. The molecule has 0 heterocycles. The quantitative estimate of drug-likeness (QED) is 0.538. The Balaban J connectivity index is 1.75. The Morgan fingerprint density at radius 3 is 2.28 bits per heavy atom. The van der Waals surface area contributed by atoms with Crippen molar-refractivity contribution in [3.05, 3.63) is 0 Å². The van der Waals surface area contributed by atoms with Crippen molar-refractivity contribution in [2.45, 2.75) is 85.5 Å². The van der Waals surface area contributed by atoms with Crippen molar-refractivity contribution in [2.75, 3.05) is 0 Å². The minimum atomic E-state index is 0.830. The topological polar surface area (TPSA) is 0 Å². The molecule has 0 N–H and O–H groups in total. The van der Waals surface area contributed by atoms with Gasteiger partial charge in [0.05, 0.1) is 0 Å². The van der Waals surface area contributed by atoms with Crippen LogP contribution >= 0.6 is 0 Å². The van der Waals surface area contributed by atoms with E-state index in [1.54, 1.807) is 19.3 Å². The van der Waals surface area contributed by atoms with Gasteiger partial charge in [-0.2, -0.15) is 0 Å². The Kier molecular flexibility index (Phi) is 4.78. The second-order valence-electron chi connectivity index (χ2n) is 7.52. The Labute approximate surface area is 115 Å². The fourth-order valence-electron chi connectivity index (χ4n) is 4.59. The highest BCUT2D eigenvalue weighted by Crippen LogP contribution is 2.65. The van der Waals surface area contributed by atoms with Crippen LogP contribution in [0.2, 0.25) is 0 Å². The first-order chi connectivity index (χ1) is 8.63. The molecule has 0 aliphatic heterocycles. The Morgan fingerprint density at radius 1 is 1.06 bits per heavy atom. The van der Waals surface area contributed by atoms with Crippen molar-refractivity contribution in [3.8, 4) is 0 Å². The van der Waals surface area contributed by atoms with E-state index < -0.39 is 0 Å². The molecule has 106 valence electrons. The highest BCUT2D eigenvalue weighted by Gasteiger charge is 2.56. The van der Waals surface area contributed by atoms with E-state index >= 15 is 0 Å². The molecule has 3 atom stereocenters. The van der Waals surface area contributed by atoms with Gasteiger partial charge in [0.25, 0.3) is 0 Å². The third-order valence-electron chi connectivity index (χ3n) is 6.43. The van der Waals surface area contributed by atoms with E-state index in [1.807, 2.05) is 0 Å². The summed E-state index contributed by atoms with van der Waals surface area (Å²) in [4.78, 5) is 0. The monoisotopic (exact) mass is 250 g/mol. The molecule has 0 saturated heterocycles. The van der Waals surface area contributed by atoms with Crippen molar-refractivity contribution in [2.24, 2.45) is 29.1 Å². The fourth-order valence-corrected chi connectivity index (χ4v) is 4.59. The summed E-state index contributed by atoms with van der Waals surface area (Å²) in [5.41, 5.74) is 0.830. The molecule has 0 radical (unpaired) electrons. The second kappa shape index (κ2) is 5.97. The summed E-state index contributed by atoms with van der Waals surface area (Å²) in [6.45, 7) is 9.69. The van der Waals surface area contributed by atoms with E-state index in [0.717, 1.165) is 29.1 Å². The lowest BCUT2D eigenvalue weighted by Gasteiger charge is -2.34. The van der Waals surface area contributed by atoms with Gasteiger partial charge in [0.1, 0.15) is 0 Å². The minimum Gasteiger partial charge on any atom is -0.0654 e. The van der Waals surface area contributed by atoms with Crippen LogP contribution in [0.1, 0.15) is 85.5 Å². The van der Waals surface area contributed by atoms with Crippen molar-refractivity contribution in [1.82, 2.24) is 0 Å². The zero-order valence-electron chi connectivity index (χ0n) is 13.2. The maximum Gasteiger partial charge on any atom is -0.0263 e. The van der Waals surface area contributed by atoms with Gasteiger partial charge < -0.3 is 0 Å². The molecule has 0 aromatic rings. The predicted molar refractivity (Wildman–Crippen MR) is 80.6 cm³/mol. The van der Waals surface area contributed by atoms with Crippen LogP contribution in [-0.2, 0) is 0 Å². The average Bonchev–Trinajstić information content (AvgIpc) is 3.09. The van der Waals surface area contributed by atoms with Crippen LogP contribution in [0.25, 0.3) is 0 Å². The lowest BCUT2D eigenvalue weighted by Crippen LogP contribution is -2.23. The van der Waals surface area contributed by atoms with Gasteiger partial charge in [0.2, 0.25) is 0 Å². The van der Waals surface area contributed by atoms with E-state index in [2.05, 4.69) is 27.7 Å². The van der Waals surface area contributed by atoms with Gasteiger partial charge >= 0.3 is 0 Å². The Hall–Kier alpha value is 0. The molecule has 2 aliphatic rings. The highest BCUT2D eigenvalue weighted by molar-refractivity contribution is 5.06. The summed E-state index contributed by atoms with van der Waals surface area (Å²) in [6.07, 6.45) is 13.4. The van der Waals surface area contributed by atoms with E-state index in [-0.39, 0.29) is 0 Å². The summed E-state index contributed by atoms with van der Waals surface area (Å²) in [5.74, 6) is 4.12. The zero-order valence-corrected chi connectivity index (χ0v) is 13.2. The second-order valence-corrected chi connectivity index (χ2v) is 7.52. The first-order valence-electron chi connectivity index (χ1n) is 8.63. The van der Waals surface area contributed by atoms with Gasteiger partial charge in [0, 0.05) is 0 Å². The van der Waals surface area contributed by atoms with Crippen LogP contribution in [0.15, 0.2) is 0 Å². The van der Waals surface area contributed by atoms with Crippen LogP contribution < -0.4 is 0 Å². The van der Waals surface area contributed by atoms with Crippen LogP contribution in [0.5, 0.6) is 0 Å². The van der Waals surface area contributed by atoms with E-state index in [9.17, 15) is 0 Å². The van der Waals surface area contributed by atoms with Crippen LogP contribution in [0.4, 0.5) is 0 Å². The first-order valence-corrected chi connectivity index (χ1v) is 8.63. The normalized spacial score (nSPS) is 38.7. The minimum absolute atomic E-state index is 0.830. The standard InChI is InChI=1S/C18H34/c1-5-7-8-15(4)16-9-11-18(12-10-16)13-17(18)14(3)6-2/h14-17H,5-13H2,1-4H3. The summed E-state index contributed by atoms with van der Waals surface area (Å²) in [5, 5.41) is 0. The van der Waals surface area contributed by atoms with Crippen molar-refractivity contribution >= 4 is 0 Å². The molecule has 0 nitrogen and oxygen atoms in total. The molecule has 2 fully saturated rings. The van der Waals surface area contributed by atoms with Crippen molar-refractivity contribution in [1.29, 1.82) is 0 Å². The Bertz CT molecular complexity index is 247. The van der Waals surface area contributed by atoms with Gasteiger partial charge in [-0.15, -0.1) is 0 Å². The number of hydrogen-bond acceptors (Lipinski definition) is 0. The molecule has 0 aromatic carbocycles. The Morgan fingerprint density at radius 2 is 1.72 bits per heavy atom. The molecule has 18 heavy (non-hydrogen) atoms. The fraction of sp³-hybridized carbons (Fsp3) is 1.00. The largest absolute Gasteiger partial charge is 0.0654 e. The highest BCUT2D eigenvalue weighted by atomic mass is 14.6. The summed E-state index contributed by atoms with van der Waals surface area (Å²) in [7, 11) is 0. The predicted octanol–water partition coefficient (Wildman–Crippen LogP) is 6.06. The molecular formula is C18H34.